The van der Waals surface area contributed by atoms with Crippen molar-refractivity contribution in [3.05, 3.63) is 86.7 Å². The molecule has 0 saturated carbocycles. The molecule has 1 aliphatic heterocycles. The molecule has 1 aliphatic rings. The summed E-state index contributed by atoms with van der Waals surface area (Å²) < 4.78 is 0. The topological polar surface area (TPSA) is 98.6 Å². The van der Waals surface area contributed by atoms with E-state index in [4.69, 9.17) is 16.6 Å². The number of halogens is 1. The van der Waals surface area contributed by atoms with Crippen LogP contribution < -0.4 is 10.9 Å². The summed E-state index contributed by atoms with van der Waals surface area (Å²) in [5.74, 6) is -0.183. The van der Waals surface area contributed by atoms with Crippen molar-refractivity contribution in [2.24, 2.45) is 0 Å². The number of carbonyl (C=O) groups is 1. The van der Waals surface area contributed by atoms with Gasteiger partial charge in [-0.1, -0.05) is 23.7 Å². The van der Waals surface area contributed by atoms with Crippen LogP contribution in [0, 0.1) is 11.3 Å². The predicted octanol–water partition coefficient (Wildman–Crippen LogP) is 4.03. The first-order chi connectivity index (χ1) is 14.5. The number of aromatic amines is 1. The number of rotatable bonds is 2. The number of nitrogens with one attached hydrogen (secondary N) is 2. The molecule has 0 saturated heterocycles. The maximum absolute atomic E-state index is 12.0. The van der Waals surface area contributed by atoms with E-state index in [9.17, 15) is 14.9 Å². The molecule has 0 unspecified atom stereocenters. The van der Waals surface area contributed by atoms with Crippen LogP contribution in [0.1, 0.15) is 21.5 Å². The molecule has 6 nitrogen and oxygen atoms in total. The third-order valence-electron chi connectivity index (χ3n) is 5.12. The molecule has 0 fully saturated rings. The zero-order valence-corrected chi connectivity index (χ0v) is 16.2. The Hall–Kier alpha value is -3.95. The number of nitriles is 1. The Morgan fingerprint density at radius 3 is 2.73 bits per heavy atom. The third-order valence-corrected chi connectivity index (χ3v) is 5.42. The van der Waals surface area contributed by atoms with Crippen LogP contribution in [0.2, 0.25) is 5.02 Å². The molecule has 144 valence electrons. The van der Waals surface area contributed by atoms with Gasteiger partial charge in [0.15, 0.2) is 0 Å². The van der Waals surface area contributed by atoms with Crippen molar-refractivity contribution >= 4 is 28.5 Å². The molecule has 1 amide bonds. The van der Waals surface area contributed by atoms with E-state index in [0.717, 1.165) is 27.6 Å². The normalized spacial score (nSPS) is 12.5. The van der Waals surface area contributed by atoms with Gasteiger partial charge in [0.2, 0.25) is 5.56 Å². The summed E-state index contributed by atoms with van der Waals surface area (Å²) in [4.78, 5) is 31.3. The Bertz CT molecular complexity index is 1470. The zero-order valence-electron chi connectivity index (χ0n) is 15.5. The van der Waals surface area contributed by atoms with Gasteiger partial charge in [0.1, 0.15) is 5.65 Å². The minimum Gasteiger partial charge on any atom is -0.348 e. The first kappa shape index (κ1) is 18.1. The van der Waals surface area contributed by atoms with Gasteiger partial charge in [0.05, 0.1) is 27.9 Å². The number of nitrogens with zero attached hydrogens (tertiary/aromatic N) is 2. The maximum atomic E-state index is 12.0. The van der Waals surface area contributed by atoms with E-state index >= 15 is 0 Å². The van der Waals surface area contributed by atoms with Gasteiger partial charge in [-0.15, -0.1) is 0 Å². The standard InChI is InChI=1S/C23H13ClN4O2/c24-18-9-15(7-16-11-26-23(30)20(16)18)17-8-14-4-5-19(29)27-22(14)28-21(17)13-3-1-2-12(6-13)10-25/h1-9H,11H2,(H,26,30)(H,27,28,29). The fourth-order valence-electron chi connectivity index (χ4n) is 3.73. The molecule has 0 radical (unpaired) electrons. The van der Waals surface area contributed by atoms with Gasteiger partial charge in [0, 0.05) is 29.1 Å². The fraction of sp³-hybridized carbons (Fsp3) is 0.0435. The Morgan fingerprint density at radius 2 is 1.90 bits per heavy atom. The summed E-state index contributed by atoms with van der Waals surface area (Å²) in [6.07, 6.45) is 0. The molecular formula is C23H13ClN4O2. The van der Waals surface area contributed by atoms with Crippen LogP contribution in [0.5, 0.6) is 0 Å². The third kappa shape index (κ3) is 2.93. The Morgan fingerprint density at radius 1 is 1.03 bits per heavy atom. The fourth-order valence-corrected chi connectivity index (χ4v) is 4.06. The second-order valence-electron chi connectivity index (χ2n) is 7.01. The highest BCUT2D eigenvalue weighted by Crippen LogP contribution is 2.37. The Labute approximate surface area is 175 Å². The van der Waals surface area contributed by atoms with E-state index in [-0.39, 0.29) is 11.5 Å². The minimum atomic E-state index is -0.246. The molecule has 3 heterocycles. The SMILES string of the molecule is N#Cc1cccc(-c2nc3[nH]c(=O)ccc3cc2-c2cc(Cl)c3c(c2)CNC3=O)c1. The predicted molar refractivity (Wildman–Crippen MR) is 114 cm³/mol. The van der Waals surface area contributed by atoms with Crippen molar-refractivity contribution in [2.45, 2.75) is 6.54 Å². The van der Waals surface area contributed by atoms with Crippen molar-refractivity contribution < 1.29 is 4.79 Å². The van der Waals surface area contributed by atoms with Crippen LogP contribution in [0.15, 0.2) is 59.4 Å². The van der Waals surface area contributed by atoms with Crippen LogP contribution >= 0.6 is 11.6 Å². The van der Waals surface area contributed by atoms with E-state index in [1.807, 2.05) is 18.2 Å². The highest BCUT2D eigenvalue weighted by molar-refractivity contribution is 6.34. The summed E-state index contributed by atoms with van der Waals surface area (Å²) in [6, 6.07) is 18.0. The lowest BCUT2D eigenvalue weighted by molar-refractivity contribution is 0.0966. The van der Waals surface area contributed by atoms with Gasteiger partial charge in [-0.05, 0) is 47.5 Å². The smallest absolute Gasteiger partial charge is 0.253 e. The van der Waals surface area contributed by atoms with E-state index < -0.39 is 0 Å². The second-order valence-corrected chi connectivity index (χ2v) is 7.42. The highest BCUT2D eigenvalue weighted by Gasteiger charge is 2.24. The largest absolute Gasteiger partial charge is 0.348 e. The van der Waals surface area contributed by atoms with Crippen LogP contribution in [0.4, 0.5) is 0 Å². The summed E-state index contributed by atoms with van der Waals surface area (Å²) in [5.41, 5.74) is 4.95. The van der Waals surface area contributed by atoms with E-state index in [1.54, 1.807) is 30.3 Å². The van der Waals surface area contributed by atoms with Crippen molar-refractivity contribution in [2.75, 3.05) is 0 Å². The number of fused-ring (bicyclic) bond motifs is 2. The van der Waals surface area contributed by atoms with Gasteiger partial charge in [0.25, 0.3) is 5.91 Å². The quantitative estimate of drug-likeness (QED) is 0.519. The molecular weight excluding hydrogens is 400 g/mol. The highest BCUT2D eigenvalue weighted by atomic mass is 35.5. The number of benzene rings is 2. The van der Waals surface area contributed by atoms with Crippen molar-refractivity contribution in [3.63, 3.8) is 0 Å². The molecule has 7 heteroatoms. The van der Waals surface area contributed by atoms with Crippen LogP contribution in [0.3, 0.4) is 0 Å². The number of hydrogen-bond acceptors (Lipinski definition) is 4. The summed E-state index contributed by atoms with van der Waals surface area (Å²) in [5, 5.41) is 13.2. The molecule has 5 rings (SSSR count). The van der Waals surface area contributed by atoms with Crippen LogP contribution in [-0.2, 0) is 6.54 Å². The van der Waals surface area contributed by atoms with Crippen molar-refractivity contribution in [1.29, 1.82) is 5.26 Å². The molecule has 2 aromatic carbocycles. The van der Waals surface area contributed by atoms with Crippen LogP contribution in [-0.4, -0.2) is 15.9 Å². The lowest BCUT2D eigenvalue weighted by atomic mass is 9.95. The maximum Gasteiger partial charge on any atom is 0.253 e. The monoisotopic (exact) mass is 412 g/mol. The number of hydrogen-bond donors (Lipinski definition) is 2. The molecule has 2 N–H and O–H groups in total. The molecule has 4 aromatic rings. The first-order valence-electron chi connectivity index (χ1n) is 9.19. The average molecular weight is 413 g/mol. The lowest BCUT2D eigenvalue weighted by Crippen LogP contribution is -2.12. The van der Waals surface area contributed by atoms with E-state index in [0.29, 0.717) is 34.0 Å². The van der Waals surface area contributed by atoms with Gasteiger partial charge >= 0.3 is 0 Å². The van der Waals surface area contributed by atoms with Gasteiger partial charge in [-0.25, -0.2) is 4.98 Å². The van der Waals surface area contributed by atoms with E-state index in [2.05, 4.69) is 16.4 Å². The summed E-state index contributed by atoms with van der Waals surface area (Å²) in [7, 11) is 0. The molecule has 0 bridgehead atoms. The van der Waals surface area contributed by atoms with Crippen LogP contribution in [0.25, 0.3) is 33.4 Å². The van der Waals surface area contributed by atoms with Gasteiger partial charge in [-0.2, -0.15) is 5.26 Å². The number of carbonyl (C=O) groups excluding carboxylic acids is 1. The Balaban J connectivity index is 1.82. The molecule has 0 spiro atoms. The number of H-pyrrole nitrogens is 1. The summed E-state index contributed by atoms with van der Waals surface area (Å²) in [6.45, 7) is 0.412. The Kier molecular flexibility index (Phi) is 4.12. The van der Waals surface area contributed by atoms with E-state index in [1.165, 1.54) is 6.07 Å². The first-order valence-corrected chi connectivity index (χ1v) is 9.57. The molecule has 2 aromatic heterocycles. The average Bonchev–Trinajstić information content (AvgIpc) is 3.14. The molecule has 0 atom stereocenters. The summed E-state index contributed by atoms with van der Waals surface area (Å²) >= 11 is 6.43. The lowest BCUT2D eigenvalue weighted by Gasteiger charge is -2.13. The van der Waals surface area contributed by atoms with Gasteiger partial charge < -0.3 is 10.3 Å². The number of aromatic nitrogens is 2. The van der Waals surface area contributed by atoms with Crippen molar-refractivity contribution in [1.82, 2.24) is 15.3 Å². The molecule has 30 heavy (non-hydrogen) atoms. The number of pyridine rings is 2. The van der Waals surface area contributed by atoms with Crippen molar-refractivity contribution in [3.8, 4) is 28.5 Å². The second kappa shape index (κ2) is 6.83. The minimum absolute atomic E-state index is 0.183. The number of amides is 1. The zero-order chi connectivity index (χ0) is 20.8. The van der Waals surface area contributed by atoms with Gasteiger partial charge in [-0.3, -0.25) is 9.59 Å². The molecule has 0 aliphatic carbocycles.